The fraction of sp³-hybridized carbons (Fsp3) is 0.680. The number of aromatic nitrogens is 1. The van der Waals surface area contributed by atoms with E-state index in [2.05, 4.69) is 32.1 Å². The van der Waals surface area contributed by atoms with Crippen molar-refractivity contribution in [2.75, 3.05) is 42.7 Å². The van der Waals surface area contributed by atoms with Crippen molar-refractivity contribution < 1.29 is 37.1 Å². The Balaban J connectivity index is 1.55. The zero-order chi connectivity index (χ0) is 26.3. The molecule has 0 spiro atoms. The van der Waals surface area contributed by atoms with Gasteiger partial charge in [0.1, 0.15) is 6.61 Å². The van der Waals surface area contributed by atoms with E-state index >= 15 is 4.39 Å². The van der Waals surface area contributed by atoms with Crippen LogP contribution in [0, 0.1) is 5.82 Å². The van der Waals surface area contributed by atoms with E-state index in [1.54, 1.807) is 6.07 Å². The van der Waals surface area contributed by atoms with E-state index in [9.17, 15) is 4.79 Å². The van der Waals surface area contributed by atoms with Gasteiger partial charge < -0.3 is 32.8 Å². The van der Waals surface area contributed by atoms with Crippen LogP contribution in [0.1, 0.15) is 39.5 Å². The highest BCUT2D eigenvalue weighted by molar-refractivity contribution is 6.74. The Morgan fingerprint density at radius 2 is 1.84 bits per heavy atom. The molecule has 1 amide bonds. The van der Waals surface area contributed by atoms with E-state index in [1.165, 1.54) is 4.90 Å². The van der Waals surface area contributed by atoms with Gasteiger partial charge in [-0.15, -0.1) is 0 Å². The van der Waals surface area contributed by atoms with Gasteiger partial charge in [0.15, 0.2) is 26.2 Å². The number of hydrogen-bond acceptors (Lipinski definition) is 9. The number of fused-ring (bicyclic) bond motifs is 6. The van der Waals surface area contributed by atoms with Crippen molar-refractivity contribution in [2.24, 2.45) is 0 Å². The molecule has 1 aromatic carbocycles. The molecule has 4 aliphatic heterocycles. The number of anilines is 2. The van der Waals surface area contributed by atoms with Crippen LogP contribution in [0.5, 0.6) is 0 Å². The predicted octanol–water partition coefficient (Wildman–Crippen LogP) is 4.34. The molecule has 202 valence electrons. The fourth-order valence-electron chi connectivity index (χ4n) is 5.74. The Labute approximate surface area is 216 Å². The molecule has 0 saturated carbocycles. The van der Waals surface area contributed by atoms with Crippen molar-refractivity contribution in [1.29, 1.82) is 0 Å². The molecule has 0 radical (unpaired) electrons. The highest BCUT2D eigenvalue weighted by Gasteiger charge is 2.52. The van der Waals surface area contributed by atoms with Crippen molar-refractivity contribution in [3.05, 3.63) is 17.4 Å². The van der Waals surface area contributed by atoms with Gasteiger partial charge in [0.25, 0.3) is 0 Å². The van der Waals surface area contributed by atoms with Crippen molar-refractivity contribution in [2.45, 2.75) is 76.5 Å². The van der Waals surface area contributed by atoms with Crippen LogP contribution in [-0.4, -0.2) is 76.8 Å². The number of amides is 1. The number of carbonyl (C=O) groups excluding carboxylic acids is 1. The van der Waals surface area contributed by atoms with Crippen LogP contribution in [0.3, 0.4) is 0 Å². The molecule has 10 nitrogen and oxygen atoms in total. The molecule has 12 heteroatoms. The van der Waals surface area contributed by atoms with Crippen LogP contribution in [0.2, 0.25) is 18.1 Å². The van der Waals surface area contributed by atoms with Gasteiger partial charge >= 0.3 is 6.09 Å². The third kappa shape index (κ3) is 3.87. The first kappa shape index (κ1) is 25.0. The van der Waals surface area contributed by atoms with Crippen LogP contribution in [-0.2, 0) is 23.4 Å². The highest BCUT2D eigenvalue weighted by Crippen LogP contribution is 2.50. The number of halogens is 1. The molecule has 3 fully saturated rings. The molecular formula is C25H34FN3O7Si. The van der Waals surface area contributed by atoms with Gasteiger partial charge in [0.05, 0.1) is 48.6 Å². The number of ether oxygens (including phenoxy) is 4. The van der Waals surface area contributed by atoms with Gasteiger partial charge in [-0.25, -0.2) is 14.1 Å². The standard InChI is InChI=1S/C25H34FN3O7Si/c1-13-8-28(9-14(2)34-13)20-16-7-17-21(19(20)26)36-27-22(17)29-15(10-32-24(29)30)11-33-37(5,6)25(3,4)18-12-31-23(16)35-18/h7,13-15,18,23H,8-12H2,1-6H3. The monoisotopic (exact) mass is 535 g/mol. The normalized spacial score (nSPS) is 33.2. The molecule has 4 aliphatic rings. The second kappa shape index (κ2) is 8.63. The van der Waals surface area contributed by atoms with Crippen LogP contribution in [0.4, 0.5) is 20.7 Å². The third-order valence-corrected chi connectivity index (χ3v) is 12.9. The Bertz CT molecular complexity index is 1230. The van der Waals surface area contributed by atoms with Crippen LogP contribution in [0.15, 0.2) is 10.6 Å². The Morgan fingerprint density at radius 3 is 2.57 bits per heavy atom. The van der Waals surface area contributed by atoms with Crippen LogP contribution in [0.25, 0.3) is 11.0 Å². The average molecular weight is 536 g/mol. The largest absolute Gasteiger partial charge is 0.447 e. The van der Waals surface area contributed by atoms with Gasteiger partial charge in [-0.3, -0.25) is 0 Å². The molecule has 0 N–H and O–H groups in total. The van der Waals surface area contributed by atoms with Crippen molar-refractivity contribution in [3.63, 3.8) is 0 Å². The SMILES string of the molecule is CC1CN(c2c3cc4c(noc4c2F)N2C(=O)OCC2CO[Si](C)(C)C(C)(C)C2COC3O2)CC(C)O1. The number of rotatable bonds is 1. The number of carbonyl (C=O) groups is 1. The lowest BCUT2D eigenvalue weighted by molar-refractivity contribution is -0.0673. The zero-order valence-corrected chi connectivity index (χ0v) is 23.1. The molecule has 5 heterocycles. The summed E-state index contributed by atoms with van der Waals surface area (Å²) in [5.74, 6) is -0.360. The first-order valence-corrected chi connectivity index (χ1v) is 15.8. The summed E-state index contributed by atoms with van der Waals surface area (Å²) in [7, 11) is -2.40. The van der Waals surface area contributed by atoms with E-state index in [-0.39, 0.29) is 48.0 Å². The molecule has 37 heavy (non-hydrogen) atoms. The lowest BCUT2D eigenvalue weighted by Gasteiger charge is -2.43. The fourth-order valence-corrected chi connectivity index (χ4v) is 7.64. The maximum atomic E-state index is 16.4. The predicted molar refractivity (Wildman–Crippen MR) is 135 cm³/mol. The smallest absolute Gasteiger partial charge is 0.416 e. The van der Waals surface area contributed by atoms with E-state index in [1.807, 2.05) is 18.7 Å². The van der Waals surface area contributed by atoms with E-state index in [4.69, 9.17) is 27.9 Å². The van der Waals surface area contributed by atoms with Gasteiger partial charge in [-0.05, 0) is 33.0 Å². The van der Waals surface area contributed by atoms with Gasteiger partial charge in [-0.1, -0.05) is 19.0 Å². The van der Waals surface area contributed by atoms with Crippen molar-refractivity contribution in [3.8, 4) is 0 Å². The number of morpholine rings is 1. The number of benzene rings is 1. The second-order valence-corrected chi connectivity index (χ2v) is 16.2. The maximum absolute atomic E-state index is 16.4. The summed E-state index contributed by atoms with van der Waals surface area (Å²) < 4.78 is 52.5. The number of hydrogen-bond donors (Lipinski definition) is 0. The lowest BCUT2D eigenvalue weighted by Crippen LogP contribution is -2.51. The summed E-state index contributed by atoms with van der Waals surface area (Å²) in [6.45, 7) is 14.2. The molecule has 0 aliphatic carbocycles. The maximum Gasteiger partial charge on any atom is 0.416 e. The number of cyclic esters (lactones) is 1. The molecule has 1 aromatic heterocycles. The Morgan fingerprint density at radius 1 is 1.11 bits per heavy atom. The third-order valence-electron chi connectivity index (χ3n) is 8.55. The van der Waals surface area contributed by atoms with Crippen molar-refractivity contribution in [1.82, 2.24) is 5.16 Å². The first-order valence-electron chi connectivity index (χ1n) is 12.9. The highest BCUT2D eigenvalue weighted by atomic mass is 28.4. The van der Waals surface area contributed by atoms with E-state index < -0.39 is 32.6 Å². The summed E-state index contributed by atoms with van der Waals surface area (Å²) in [5, 5.41) is 4.17. The van der Waals surface area contributed by atoms with Gasteiger partial charge in [0, 0.05) is 23.7 Å². The number of nitrogens with zero attached hydrogens (tertiary/aromatic N) is 3. The minimum atomic E-state index is -2.40. The summed E-state index contributed by atoms with van der Waals surface area (Å²) in [6.07, 6.45) is -1.80. The molecule has 5 unspecified atom stereocenters. The first-order chi connectivity index (χ1) is 17.5. The minimum absolute atomic E-state index is 0.0284. The Kier molecular flexibility index (Phi) is 5.84. The molecule has 4 bridgehead atoms. The second-order valence-electron chi connectivity index (χ2n) is 11.6. The zero-order valence-electron chi connectivity index (χ0n) is 22.1. The summed E-state index contributed by atoms with van der Waals surface area (Å²) in [6, 6.07) is 1.37. The van der Waals surface area contributed by atoms with Gasteiger partial charge in [-0.2, -0.15) is 0 Å². The molecule has 2 aromatic rings. The Hall–Kier alpha value is -2.25. The van der Waals surface area contributed by atoms with E-state index in [0.29, 0.717) is 36.3 Å². The van der Waals surface area contributed by atoms with Crippen molar-refractivity contribution >= 4 is 36.9 Å². The molecule has 5 atom stereocenters. The summed E-state index contributed by atoms with van der Waals surface area (Å²) >= 11 is 0. The molecular weight excluding hydrogens is 501 g/mol. The molecule has 6 rings (SSSR count). The topological polar surface area (TPSA) is 95.7 Å². The summed E-state index contributed by atoms with van der Waals surface area (Å²) in [4.78, 5) is 16.2. The average Bonchev–Trinajstić information content (AvgIpc) is 3.55. The van der Waals surface area contributed by atoms with E-state index in [0.717, 1.165) is 0 Å². The minimum Gasteiger partial charge on any atom is -0.447 e. The van der Waals surface area contributed by atoms with Gasteiger partial charge in [0.2, 0.25) is 5.58 Å². The lowest BCUT2D eigenvalue weighted by atomic mass is 10.0. The summed E-state index contributed by atoms with van der Waals surface area (Å²) in [5.41, 5.74) is 0.862. The van der Waals surface area contributed by atoms with Crippen LogP contribution >= 0.6 is 0 Å². The molecule has 3 saturated heterocycles. The quantitative estimate of drug-likeness (QED) is 0.494. The van der Waals surface area contributed by atoms with Crippen LogP contribution < -0.4 is 9.80 Å².